The Morgan fingerprint density at radius 2 is 1.88 bits per heavy atom. The first-order chi connectivity index (χ1) is 12.2. The summed E-state index contributed by atoms with van der Waals surface area (Å²) in [5, 5.41) is 0. The molecule has 0 heterocycles. The van der Waals surface area contributed by atoms with Gasteiger partial charge in [-0.15, -0.1) is 0 Å². The Kier molecular flexibility index (Phi) is 3.45. The number of carbonyl (C=O) groups is 1. The largest absolute Gasteiger partial charge is 0.369 e. The van der Waals surface area contributed by atoms with Gasteiger partial charge in [-0.2, -0.15) is 0 Å². The normalized spacial score (nSPS) is 36.1. The van der Waals surface area contributed by atoms with Crippen molar-refractivity contribution in [2.24, 2.45) is 28.9 Å². The van der Waals surface area contributed by atoms with Gasteiger partial charge in [0.1, 0.15) is 0 Å². The highest BCUT2D eigenvalue weighted by Gasteiger charge is 2.53. The molecule has 4 aliphatic rings. The van der Waals surface area contributed by atoms with Crippen molar-refractivity contribution in [3.63, 3.8) is 0 Å². The predicted molar refractivity (Wildman–Crippen MR) is 101 cm³/mol. The molecule has 0 radical (unpaired) electrons. The van der Waals surface area contributed by atoms with Gasteiger partial charge in [0.15, 0.2) is 0 Å². The molecule has 0 aliphatic heterocycles. The van der Waals surface area contributed by atoms with Crippen LogP contribution in [0.5, 0.6) is 0 Å². The highest BCUT2D eigenvalue weighted by Crippen LogP contribution is 2.59. The number of rotatable bonds is 1. The average molecular weight is 333 g/mol. The van der Waals surface area contributed by atoms with Gasteiger partial charge in [-0.1, -0.05) is 54.8 Å². The lowest BCUT2D eigenvalue weighted by atomic mass is 9.51. The van der Waals surface area contributed by atoms with E-state index in [0.717, 1.165) is 32.1 Å². The zero-order valence-electron chi connectivity index (χ0n) is 14.8. The number of amides is 1. The van der Waals surface area contributed by atoms with Crippen molar-refractivity contribution < 1.29 is 4.79 Å². The summed E-state index contributed by atoms with van der Waals surface area (Å²) in [5.74, 6) is 1.62. The Morgan fingerprint density at radius 3 is 2.76 bits per heavy atom. The van der Waals surface area contributed by atoms with Crippen LogP contribution >= 0.6 is 0 Å². The van der Waals surface area contributed by atoms with Crippen LogP contribution in [0.3, 0.4) is 0 Å². The third-order valence-corrected chi connectivity index (χ3v) is 7.65. The molecule has 1 aromatic rings. The molecule has 1 aromatic carbocycles. The minimum absolute atomic E-state index is 0.0414. The van der Waals surface area contributed by atoms with Crippen molar-refractivity contribution in [2.75, 3.05) is 0 Å². The fourth-order valence-electron chi connectivity index (χ4n) is 6.46. The molecule has 4 unspecified atom stereocenters. The lowest BCUT2D eigenvalue weighted by Gasteiger charge is -2.52. The third-order valence-electron chi connectivity index (χ3n) is 7.65. The standard InChI is InChI=1S/C23H27NO/c24-22(25)23-13-4-3-7-21(23)20-11-10-17-16-6-2-1-5-15(16)8-9-18(17)19(20)12-14-23/h1-2,5-6,10-11,18-19,21H,3-4,7-9,12-14H2,(H2,24,25). The van der Waals surface area contributed by atoms with Crippen LogP contribution in [-0.2, 0) is 11.2 Å². The third kappa shape index (κ3) is 2.12. The van der Waals surface area contributed by atoms with E-state index in [1.807, 2.05) is 0 Å². The average Bonchev–Trinajstić information content (AvgIpc) is 2.66. The number of allylic oxidation sites excluding steroid dienone is 4. The summed E-state index contributed by atoms with van der Waals surface area (Å²) in [7, 11) is 0. The van der Waals surface area contributed by atoms with Gasteiger partial charge in [0.25, 0.3) is 0 Å². The van der Waals surface area contributed by atoms with Crippen molar-refractivity contribution in [1.82, 2.24) is 0 Å². The molecule has 0 spiro atoms. The minimum Gasteiger partial charge on any atom is -0.369 e. The van der Waals surface area contributed by atoms with Crippen LogP contribution in [-0.4, -0.2) is 5.91 Å². The summed E-state index contributed by atoms with van der Waals surface area (Å²) in [6.45, 7) is 0. The van der Waals surface area contributed by atoms with Crippen LogP contribution in [0.25, 0.3) is 5.57 Å². The van der Waals surface area contributed by atoms with Gasteiger partial charge >= 0.3 is 0 Å². The van der Waals surface area contributed by atoms with E-state index in [1.54, 1.807) is 5.57 Å². The van der Waals surface area contributed by atoms with Gasteiger partial charge in [-0.25, -0.2) is 0 Å². The number of primary amides is 1. The molecule has 2 N–H and O–H groups in total. The van der Waals surface area contributed by atoms with Crippen LogP contribution in [0.4, 0.5) is 0 Å². The molecule has 130 valence electrons. The van der Waals surface area contributed by atoms with Crippen molar-refractivity contribution in [3.8, 4) is 0 Å². The molecule has 0 aromatic heterocycles. The molecular formula is C23H27NO. The second-order valence-electron chi connectivity index (χ2n) is 8.55. The van der Waals surface area contributed by atoms with Gasteiger partial charge in [-0.3, -0.25) is 4.79 Å². The second kappa shape index (κ2) is 5.59. The maximum Gasteiger partial charge on any atom is 0.224 e. The van der Waals surface area contributed by atoms with E-state index >= 15 is 0 Å². The van der Waals surface area contributed by atoms with Crippen LogP contribution in [0.1, 0.15) is 56.1 Å². The topological polar surface area (TPSA) is 43.1 Å². The molecule has 0 bridgehead atoms. The molecule has 4 aliphatic carbocycles. The monoisotopic (exact) mass is 333 g/mol. The number of aryl methyl sites for hydroxylation is 1. The fourth-order valence-corrected chi connectivity index (χ4v) is 6.46. The Bertz CT molecular complexity index is 789. The van der Waals surface area contributed by atoms with Crippen LogP contribution in [0, 0.1) is 23.2 Å². The highest BCUT2D eigenvalue weighted by atomic mass is 16.1. The molecule has 0 saturated heterocycles. The quantitative estimate of drug-likeness (QED) is 0.799. The highest BCUT2D eigenvalue weighted by molar-refractivity contribution is 5.83. The Balaban J connectivity index is 1.59. The van der Waals surface area contributed by atoms with Crippen molar-refractivity contribution in [3.05, 3.63) is 53.1 Å². The van der Waals surface area contributed by atoms with E-state index in [4.69, 9.17) is 5.73 Å². The van der Waals surface area contributed by atoms with Crippen LogP contribution in [0.15, 0.2) is 42.0 Å². The van der Waals surface area contributed by atoms with E-state index in [1.165, 1.54) is 36.0 Å². The zero-order chi connectivity index (χ0) is 17.0. The van der Waals surface area contributed by atoms with Crippen LogP contribution in [0.2, 0.25) is 0 Å². The number of hydrogen-bond donors (Lipinski definition) is 1. The fraction of sp³-hybridized carbons (Fsp3) is 0.522. The van der Waals surface area contributed by atoms with Gasteiger partial charge in [0.2, 0.25) is 5.91 Å². The molecule has 2 fully saturated rings. The summed E-state index contributed by atoms with van der Waals surface area (Å²) in [4.78, 5) is 12.4. The minimum atomic E-state index is -0.251. The van der Waals surface area contributed by atoms with E-state index in [9.17, 15) is 4.79 Å². The maximum atomic E-state index is 12.4. The first-order valence-corrected chi connectivity index (χ1v) is 10.0. The van der Waals surface area contributed by atoms with Crippen molar-refractivity contribution in [1.29, 1.82) is 0 Å². The van der Waals surface area contributed by atoms with Crippen LogP contribution < -0.4 is 5.73 Å². The number of nitrogens with two attached hydrogens (primary N) is 1. The molecule has 1 amide bonds. The first-order valence-electron chi connectivity index (χ1n) is 10.0. The van der Waals surface area contributed by atoms with Gasteiger partial charge in [0, 0.05) is 0 Å². The summed E-state index contributed by atoms with van der Waals surface area (Å²) >= 11 is 0. The molecular weight excluding hydrogens is 306 g/mol. The first kappa shape index (κ1) is 15.4. The number of carbonyl (C=O) groups excluding carboxylic acids is 1. The Hall–Kier alpha value is -1.83. The van der Waals surface area contributed by atoms with Crippen molar-refractivity contribution in [2.45, 2.75) is 51.4 Å². The summed E-state index contributed by atoms with van der Waals surface area (Å²) in [5.41, 5.74) is 11.8. The smallest absolute Gasteiger partial charge is 0.224 e. The number of fused-ring (bicyclic) bond motifs is 7. The number of benzene rings is 1. The van der Waals surface area contributed by atoms with Gasteiger partial charge < -0.3 is 5.73 Å². The molecule has 2 heteroatoms. The summed E-state index contributed by atoms with van der Waals surface area (Å²) in [6, 6.07) is 8.91. The molecule has 4 atom stereocenters. The lowest BCUT2D eigenvalue weighted by Crippen LogP contribution is -2.50. The van der Waals surface area contributed by atoms with E-state index in [-0.39, 0.29) is 11.3 Å². The Labute approximate surface area is 150 Å². The zero-order valence-corrected chi connectivity index (χ0v) is 14.8. The predicted octanol–water partition coefficient (Wildman–Crippen LogP) is 4.64. The van der Waals surface area contributed by atoms with Gasteiger partial charge in [0.05, 0.1) is 5.41 Å². The number of hydrogen-bond acceptors (Lipinski definition) is 1. The molecule has 5 rings (SSSR count). The molecule has 25 heavy (non-hydrogen) atoms. The van der Waals surface area contributed by atoms with E-state index < -0.39 is 0 Å². The molecule has 2 nitrogen and oxygen atoms in total. The second-order valence-corrected chi connectivity index (χ2v) is 8.55. The molecule has 2 saturated carbocycles. The van der Waals surface area contributed by atoms with E-state index in [0.29, 0.717) is 17.8 Å². The van der Waals surface area contributed by atoms with Gasteiger partial charge in [-0.05, 0) is 73.0 Å². The lowest BCUT2D eigenvalue weighted by molar-refractivity contribution is -0.134. The van der Waals surface area contributed by atoms with Crippen molar-refractivity contribution >= 4 is 11.5 Å². The van der Waals surface area contributed by atoms with E-state index in [2.05, 4.69) is 36.4 Å². The summed E-state index contributed by atoms with van der Waals surface area (Å²) in [6.07, 6.45) is 13.9. The maximum absolute atomic E-state index is 12.4. The Morgan fingerprint density at radius 1 is 1.00 bits per heavy atom. The SMILES string of the molecule is NC(=O)C12CCCCC1C1=CC=C3c4ccccc4CCC3C1CC2. The summed E-state index contributed by atoms with van der Waals surface area (Å²) < 4.78 is 0.